The smallest absolute Gasteiger partial charge is 0.325 e. The standard InChI is InChI=1S/C18H15ClF3N5OS/c1-2-27-16(14-5-3-4-8-23-14)25-26-17(27)29-10-15(28)24-13-7-6-11(19)9-12(13)18(20,21)22/h3-9H,2,10H2,1H3,(H,24,28). The first kappa shape index (κ1) is 21.1. The van der Waals surface area contributed by atoms with Crippen LogP contribution in [0.1, 0.15) is 12.5 Å². The number of carbonyl (C=O) groups is 1. The first-order valence-electron chi connectivity index (χ1n) is 8.43. The number of benzene rings is 1. The van der Waals surface area contributed by atoms with Crippen molar-refractivity contribution in [3.8, 4) is 11.5 Å². The molecule has 1 N–H and O–H groups in total. The van der Waals surface area contributed by atoms with Gasteiger partial charge in [-0.3, -0.25) is 9.78 Å². The van der Waals surface area contributed by atoms with E-state index in [1.54, 1.807) is 22.9 Å². The number of thioether (sulfide) groups is 1. The van der Waals surface area contributed by atoms with Gasteiger partial charge in [-0.1, -0.05) is 29.4 Å². The molecule has 0 saturated carbocycles. The summed E-state index contributed by atoms with van der Waals surface area (Å²) in [5, 5.41) is 10.9. The Morgan fingerprint density at radius 3 is 2.69 bits per heavy atom. The van der Waals surface area contributed by atoms with Crippen LogP contribution < -0.4 is 5.32 Å². The van der Waals surface area contributed by atoms with Crippen molar-refractivity contribution in [2.45, 2.75) is 24.8 Å². The Balaban J connectivity index is 1.72. The first-order valence-corrected chi connectivity index (χ1v) is 9.80. The molecule has 0 saturated heterocycles. The zero-order valence-electron chi connectivity index (χ0n) is 15.1. The van der Waals surface area contributed by atoms with Gasteiger partial charge in [-0.25, -0.2) is 0 Å². The number of nitrogens with one attached hydrogen (secondary N) is 1. The summed E-state index contributed by atoms with van der Waals surface area (Å²) in [6.45, 7) is 2.43. The van der Waals surface area contributed by atoms with Crippen LogP contribution in [0.3, 0.4) is 0 Å². The van der Waals surface area contributed by atoms with E-state index < -0.39 is 17.6 Å². The molecule has 0 aliphatic carbocycles. The van der Waals surface area contributed by atoms with Gasteiger partial charge >= 0.3 is 6.18 Å². The third-order valence-corrected chi connectivity index (χ3v) is 5.02. The van der Waals surface area contributed by atoms with Gasteiger partial charge in [0.15, 0.2) is 11.0 Å². The number of amides is 1. The summed E-state index contributed by atoms with van der Waals surface area (Å²) in [5.74, 6) is -0.193. The Hall–Kier alpha value is -2.59. The van der Waals surface area contributed by atoms with Gasteiger partial charge in [0.1, 0.15) is 5.69 Å². The summed E-state index contributed by atoms with van der Waals surface area (Å²) in [7, 11) is 0. The van der Waals surface area contributed by atoms with E-state index in [1.807, 2.05) is 13.0 Å². The number of anilines is 1. The van der Waals surface area contributed by atoms with Gasteiger partial charge in [-0.15, -0.1) is 10.2 Å². The lowest BCUT2D eigenvalue weighted by Crippen LogP contribution is -2.18. The average molecular weight is 442 g/mol. The van der Waals surface area contributed by atoms with Crippen molar-refractivity contribution in [2.24, 2.45) is 0 Å². The van der Waals surface area contributed by atoms with E-state index in [-0.39, 0.29) is 16.5 Å². The Labute approximate surface area is 173 Å². The highest BCUT2D eigenvalue weighted by Gasteiger charge is 2.34. The summed E-state index contributed by atoms with van der Waals surface area (Å²) < 4.78 is 41.2. The molecule has 1 amide bonds. The molecule has 29 heavy (non-hydrogen) atoms. The lowest BCUT2D eigenvalue weighted by molar-refractivity contribution is -0.137. The molecule has 2 heterocycles. The van der Waals surface area contributed by atoms with Crippen LogP contribution in [0.5, 0.6) is 0 Å². The van der Waals surface area contributed by atoms with Gasteiger partial charge < -0.3 is 9.88 Å². The Morgan fingerprint density at radius 2 is 2.03 bits per heavy atom. The van der Waals surface area contributed by atoms with Crippen molar-refractivity contribution >= 4 is 35.0 Å². The Morgan fingerprint density at radius 1 is 1.24 bits per heavy atom. The van der Waals surface area contributed by atoms with E-state index in [1.165, 1.54) is 6.07 Å². The van der Waals surface area contributed by atoms with Crippen LogP contribution in [0.2, 0.25) is 5.02 Å². The van der Waals surface area contributed by atoms with E-state index in [9.17, 15) is 18.0 Å². The number of halogens is 4. The Bertz CT molecular complexity index is 1010. The molecule has 3 aromatic rings. The molecule has 0 fully saturated rings. The van der Waals surface area contributed by atoms with Crippen LogP contribution in [0.15, 0.2) is 47.8 Å². The van der Waals surface area contributed by atoms with E-state index in [2.05, 4.69) is 20.5 Å². The summed E-state index contributed by atoms with van der Waals surface area (Å²) in [5.41, 5.74) is -0.717. The van der Waals surface area contributed by atoms with Crippen LogP contribution in [-0.2, 0) is 17.5 Å². The highest BCUT2D eigenvalue weighted by Crippen LogP contribution is 2.36. The van der Waals surface area contributed by atoms with Crippen LogP contribution in [0.4, 0.5) is 18.9 Å². The average Bonchev–Trinajstić information content (AvgIpc) is 3.10. The number of pyridine rings is 1. The molecular weight excluding hydrogens is 427 g/mol. The van der Waals surface area contributed by atoms with Crippen molar-refractivity contribution in [3.05, 3.63) is 53.2 Å². The van der Waals surface area contributed by atoms with Gasteiger partial charge in [-0.05, 0) is 37.3 Å². The maximum absolute atomic E-state index is 13.1. The van der Waals surface area contributed by atoms with Crippen molar-refractivity contribution < 1.29 is 18.0 Å². The molecule has 2 aromatic heterocycles. The number of aromatic nitrogens is 4. The lowest BCUT2D eigenvalue weighted by Gasteiger charge is -2.14. The summed E-state index contributed by atoms with van der Waals surface area (Å²) in [6, 6.07) is 8.57. The minimum Gasteiger partial charge on any atom is -0.325 e. The molecule has 3 rings (SSSR count). The number of hydrogen-bond donors (Lipinski definition) is 1. The molecule has 1 aromatic carbocycles. The molecule has 6 nitrogen and oxygen atoms in total. The minimum absolute atomic E-state index is 0.0669. The molecular formula is C18H15ClF3N5OS. The molecule has 0 spiro atoms. The summed E-state index contributed by atoms with van der Waals surface area (Å²) in [4.78, 5) is 16.5. The van der Waals surface area contributed by atoms with Gasteiger partial charge in [0.2, 0.25) is 5.91 Å². The maximum atomic E-state index is 13.1. The first-order chi connectivity index (χ1) is 13.8. The van der Waals surface area contributed by atoms with E-state index in [0.717, 1.165) is 23.9 Å². The zero-order valence-corrected chi connectivity index (χ0v) is 16.6. The fraction of sp³-hybridized carbons (Fsp3) is 0.222. The van der Waals surface area contributed by atoms with E-state index in [0.29, 0.717) is 23.2 Å². The minimum atomic E-state index is -4.64. The number of nitrogens with zero attached hydrogens (tertiary/aromatic N) is 4. The van der Waals surface area contributed by atoms with Crippen molar-refractivity contribution in [2.75, 3.05) is 11.1 Å². The summed E-state index contributed by atoms with van der Waals surface area (Å²) in [6.07, 6.45) is -3.00. The zero-order chi connectivity index (χ0) is 21.0. The fourth-order valence-corrected chi connectivity index (χ4v) is 3.52. The topological polar surface area (TPSA) is 72.7 Å². The third kappa shape index (κ3) is 5.07. The van der Waals surface area contributed by atoms with Crippen LogP contribution in [0.25, 0.3) is 11.5 Å². The van der Waals surface area contributed by atoms with Crippen molar-refractivity contribution in [3.63, 3.8) is 0 Å². The molecule has 0 radical (unpaired) electrons. The van der Waals surface area contributed by atoms with Crippen molar-refractivity contribution in [1.29, 1.82) is 0 Å². The number of hydrogen-bond acceptors (Lipinski definition) is 5. The molecule has 0 aliphatic rings. The van der Waals surface area contributed by atoms with Gasteiger partial charge in [0.25, 0.3) is 0 Å². The molecule has 0 unspecified atom stereocenters. The normalized spacial score (nSPS) is 11.5. The van der Waals surface area contributed by atoms with Crippen LogP contribution >= 0.6 is 23.4 Å². The second-order valence-corrected chi connectivity index (χ2v) is 7.17. The molecule has 0 atom stereocenters. The molecule has 11 heteroatoms. The number of rotatable bonds is 6. The number of alkyl halides is 3. The maximum Gasteiger partial charge on any atom is 0.418 e. The molecule has 0 bridgehead atoms. The monoisotopic (exact) mass is 441 g/mol. The quantitative estimate of drug-likeness (QED) is 0.558. The van der Waals surface area contributed by atoms with Gasteiger partial charge in [0.05, 0.1) is 17.0 Å². The highest BCUT2D eigenvalue weighted by atomic mass is 35.5. The Kier molecular flexibility index (Phi) is 6.43. The third-order valence-electron chi connectivity index (χ3n) is 3.82. The second-order valence-electron chi connectivity index (χ2n) is 5.79. The van der Waals surface area contributed by atoms with Crippen molar-refractivity contribution in [1.82, 2.24) is 19.7 Å². The second kappa shape index (κ2) is 8.83. The van der Waals surface area contributed by atoms with Gasteiger partial charge in [0, 0.05) is 17.8 Å². The van der Waals surface area contributed by atoms with Crippen LogP contribution in [-0.4, -0.2) is 31.4 Å². The predicted octanol–water partition coefficient (Wildman–Crippen LogP) is 4.76. The fourth-order valence-electron chi connectivity index (χ4n) is 2.54. The highest BCUT2D eigenvalue weighted by molar-refractivity contribution is 7.99. The summed E-state index contributed by atoms with van der Waals surface area (Å²) >= 11 is 6.72. The predicted molar refractivity (Wildman–Crippen MR) is 105 cm³/mol. The molecule has 0 aliphatic heterocycles. The van der Waals surface area contributed by atoms with E-state index in [4.69, 9.17) is 11.6 Å². The lowest BCUT2D eigenvalue weighted by atomic mass is 10.1. The largest absolute Gasteiger partial charge is 0.418 e. The van der Waals surface area contributed by atoms with Crippen LogP contribution in [0, 0.1) is 0 Å². The number of carbonyl (C=O) groups excluding carboxylic acids is 1. The van der Waals surface area contributed by atoms with E-state index >= 15 is 0 Å². The SMILES string of the molecule is CCn1c(SCC(=O)Nc2ccc(Cl)cc2C(F)(F)F)nnc1-c1ccccn1. The van der Waals surface area contributed by atoms with Gasteiger partial charge in [-0.2, -0.15) is 13.2 Å². The molecule has 152 valence electrons.